The predicted octanol–water partition coefficient (Wildman–Crippen LogP) is 0.108. The summed E-state index contributed by atoms with van der Waals surface area (Å²) in [4.78, 5) is 9.53. The summed E-state index contributed by atoms with van der Waals surface area (Å²) in [5.41, 5.74) is 0.797. The van der Waals surface area contributed by atoms with Crippen molar-refractivity contribution in [3.05, 3.63) is 17.7 Å². The summed E-state index contributed by atoms with van der Waals surface area (Å²) in [6, 6.07) is 0. The van der Waals surface area contributed by atoms with Gasteiger partial charge in [0, 0.05) is 0 Å². The van der Waals surface area contributed by atoms with Crippen LogP contribution < -0.4 is 0 Å². The van der Waals surface area contributed by atoms with Gasteiger partial charge in [-0.3, -0.25) is 4.90 Å². The molecule has 1 fully saturated rings. The molecule has 66 valence electrons. The van der Waals surface area contributed by atoms with Gasteiger partial charge in [-0.15, -0.1) is 0 Å². The van der Waals surface area contributed by atoms with Gasteiger partial charge in [-0.05, 0) is 19.5 Å². The molecule has 0 aromatic carbocycles. The Bertz CT molecular complexity index is 255. The molecular formula is C8H13N3O. The van der Waals surface area contributed by atoms with Gasteiger partial charge >= 0.3 is 0 Å². The molecule has 4 heteroatoms. The maximum Gasteiger partial charge on any atom is 0.120 e. The fourth-order valence-corrected chi connectivity index (χ4v) is 1.32. The van der Waals surface area contributed by atoms with Crippen LogP contribution in [0.15, 0.2) is 6.20 Å². The Hall–Kier alpha value is -0.870. The van der Waals surface area contributed by atoms with Crippen LogP contribution in [0.3, 0.4) is 0 Å². The first-order chi connectivity index (χ1) is 5.88. The fraction of sp³-hybridized carbons (Fsp3) is 0.625. The second-order valence-electron chi connectivity index (χ2n) is 3.14. The van der Waals surface area contributed by atoms with Crippen molar-refractivity contribution in [3.63, 3.8) is 0 Å². The maximum absolute atomic E-state index is 8.77. The molecule has 2 N–H and O–H groups in total. The molecule has 1 aromatic heterocycles. The summed E-state index contributed by atoms with van der Waals surface area (Å²) in [7, 11) is 0. The molecule has 2 heterocycles. The molecule has 0 saturated carbocycles. The van der Waals surface area contributed by atoms with Crippen LogP contribution in [0.2, 0.25) is 0 Å². The van der Waals surface area contributed by atoms with Crippen molar-refractivity contribution in [1.82, 2.24) is 14.9 Å². The van der Waals surface area contributed by atoms with E-state index in [4.69, 9.17) is 5.11 Å². The first kappa shape index (κ1) is 7.76. The second kappa shape index (κ2) is 3.25. The minimum atomic E-state index is 0.0486. The van der Waals surface area contributed by atoms with E-state index in [9.17, 15) is 0 Å². The van der Waals surface area contributed by atoms with Crippen LogP contribution in [-0.4, -0.2) is 33.1 Å². The quantitative estimate of drug-likeness (QED) is 0.671. The van der Waals surface area contributed by atoms with Crippen molar-refractivity contribution in [2.75, 3.05) is 13.1 Å². The molecule has 0 spiro atoms. The molecule has 4 nitrogen and oxygen atoms in total. The number of hydrogen-bond acceptors (Lipinski definition) is 3. The number of nitrogens with one attached hydrogen (secondary N) is 1. The molecule has 1 aromatic rings. The number of aliphatic hydroxyl groups excluding tert-OH is 1. The number of likely N-dealkylation sites (tertiary alicyclic amines) is 1. The smallest absolute Gasteiger partial charge is 0.120 e. The average Bonchev–Trinajstić information content (AvgIpc) is 2.44. The van der Waals surface area contributed by atoms with Crippen molar-refractivity contribution >= 4 is 0 Å². The first-order valence-electron chi connectivity index (χ1n) is 4.24. The largest absolute Gasteiger partial charge is 0.390 e. The Morgan fingerprint density at radius 2 is 2.42 bits per heavy atom. The van der Waals surface area contributed by atoms with E-state index in [2.05, 4.69) is 14.9 Å². The first-order valence-corrected chi connectivity index (χ1v) is 4.24. The van der Waals surface area contributed by atoms with Gasteiger partial charge in [-0.2, -0.15) is 0 Å². The summed E-state index contributed by atoms with van der Waals surface area (Å²) in [5, 5.41) is 8.77. The zero-order chi connectivity index (χ0) is 8.39. The highest BCUT2D eigenvalue weighted by atomic mass is 16.3. The zero-order valence-electron chi connectivity index (χ0n) is 6.95. The lowest BCUT2D eigenvalue weighted by Crippen LogP contribution is -2.36. The van der Waals surface area contributed by atoms with Gasteiger partial charge in [0.2, 0.25) is 0 Å². The van der Waals surface area contributed by atoms with Gasteiger partial charge in [-0.1, -0.05) is 0 Å². The lowest BCUT2D eigenvalue weighted by Gasteiger charge is -2.29. The molecule has 2 rings (SSSR count). The molecule has 0 unspecified atom stereocenters. The predicted molar refractivity (Wildman–Crippen MR) is 44.4 cm³/mol. The molecule has 0 atom stereocenters. The topological polar surface area (TPSA) is 52.2 Å². The van der Waals surface area contributed by atoms with Crippen LogP contribution in [0.5, 0.6) is 0 Å². The highest BCUT2D eigenvalue weighted by Crippen LogP contribution is 2.09. The van der Waals surface area contributed by atoms with Crippen molar-refractivity contribution in [1.29, 1.82) is 0 Å². The fourth-order valence-electron chi connectivity index (χ4n) is 1.32. The van der Waals surface area contributed by atoms with Crippen molar-refractivity contribution in [2.45, 2.75) is 19.6 Å². The Labute approximate surface area is 71.2 Å². The molecular weight excluding hydrogens is 154 g/mol. The molecule has 0 bridgehead atoms. The van der Waals surface area contributed by atoms with Crippen LogP contribution >= 0.6 is 0 Å². The number of imidazole rings is 1. The Kier molecular flexibility index (Phi) is 2.10. The number of H-pyrrole nitrogens is 1. The molecule has 0 aliphatic carbocycles. The van der Waals surface area contributed by atoms with Gasteiger partial charge in [0.05, 0.1) is 25.0 Å². The van der Waals surface area contributed by atoms with E-state index in [1.807, 2.05) is 0 Å². The molecule has 0 amide bonds. The number of aliphatic hydroxyl groups is 1. The third-order valence-corrected chi connectivity index (χ3v) is 2.17. The molecule has 12 heavy (non-hydrogen) atoms. The minimum absolute atomic E-state index is 0.0486. The molecule has 1 saturated heterocycles. The Morgan fingerprint density at radius 3 is 2.92 bits per heavy atom. The number of aromatic amines is 1. The monoisotopic (exact) mass is 167 g/mol. The highest BCUT2D eigenvalue weighted by Gasteiger charge is 2.14. The van der Waals surface area contributed by atoms with E-state index < -0.39 is 0 Å². The minimum Gasteiger partial charge on any atom is -0.390 e. The lowest BCUT2D eigenvalue weighted by molar-refractivity contribution is 0.168. The normalized spacial score (nSPS) is 17.8. The van der Waals surface area contributed by atoms with Gasteiger partial charge in [0.15, 0.2) is 0 Å². The third-order valence-electron chi connectivity index (χ3n) is 2.17. The van der Waals surface area contributed by atoms with E-state index in [1.54, 1.807) is 6.20 Å². The SMILES string of the molecule is OCc1cnc(CN2CCC2)[nH]1. The standard InChI is InChI=1S/C8H13N3O/c12-6-7-4-9-8(10-7)5-11-2-1-3-11/h4,12H,1-3,5-6H2,(H,9,10). The number of nitrogens with zero attached hydrogens (tertiary/aromatic N) is 2. The van der Waals surface area contributed by atoms with E-state index >= 15 is 0 Å². The second-order valence-corrected chi connectivity index (χ2v) is 3.14. The number of hydrogen-bond donors (Lipinski definition) is 2. The van der Waals surface area contributed by atoms with Crippen LogP contribution in [0, 0.1) is 0 Å². The molecule has 1 aliphatic rings. The maximum atomic E-state index is 8.77. The highest BCUT2D eigenvalue weighted by molar-refractivity contribution is 4.99. The van der Waals surface area contributed by atoms with Crippen molar-refractivity contribution < 1.29 is 5.11 Å². The average molecular weight is 167 g/mol. The van der Waals surface area contributed by atoms with Gasteiger partial charge in [0.1, 0.15) is 5.82 Å². The van der Waals surface area contributed by atoms with E-state index in [0.29, 0.717) is 0 Å². The van der Waals surface area contributed by atoms with E-state index in [-0.39, 0.29) is 6.61 Å². The van der Waals surface area contributed by atoms with Crippen molar-refractivity contribution in [2.24, 2.45) is 0 Å². The van der Waals surface area contributed by atoms with Crippen LogP contribution in [0.1, 0.15) is 17.9 Å². The zero-order valence-corrected chi connectivity index (χ0v) is 6.95. The summed E-state index contributed by atoms with van der Waals surface area (Å²) in [5.74, 6) is 0.957. The summed E-state index contributed by atoms with van der Waals surface area (Å²) in [6.45, 7) is 3.29. The van der Waals surface area contributed by atoms with Crippen LogP contribution in [0.4, 0.5) is 0 Å². The number of aromatic nitrogens is 2. The molecule has 1 aliphatic heterocycles. The lowest BCUT2D eigenvalue weighted by atomic mass is 10.2. The van der Waals surface area contributed by atoms with Crippen LogP contribution in [-0.2, 0) is 13.2 Å². The third kappa shape index (κ3) is 1.49. The van der Waals surface area contributed by atoms with Crippen molar-refractivity contribution in [3.8, 4) is 0 Å². The van der Waals surface area contributed by atoms with Gasteiger partial charge < -0.3 is 10.1 Å². The van der Waals surface area contributed by atoms with E-state index in [1.165, 1.54) is 19.5 Å². The van der Waals surface area contributed by atoms with Crippen LogP contribution in [0.25, 0.3) is 0 Å². The Morgan fingerprint density at radius 1 is 1.58 bits per heavy atom. The summed E-state index contributed by atoms with van der Waals surface area (Å²) < 4.78 is 0. The van der Waals surface area contributed by atoms with Gasteiger partial charge in [0.25, 0.3) is 0 Å². The van der Waals surface area contributed by atoms with E-state index in [0.717, 1.165) is 18.1 Å². The molecule has 0 radical (unpaired) electrons. The van der Waals surface area contributed by atoms with Gasteiger partial charge in [-0.25, -0.2) is 4.98 Å². The summed E-state index contributed by atoms with van der Waals surface area (Å²) >= 11 is 0. The summed E-state index contributed by atoms with van der Waals surface area (Å²) in [6.07, 6.45) is 2.99. The Balaban J connectivity index is 1.93. The number of rotatable bonds is 3.